The minimum Gasteiger partial charge on any atom is -0.493 e. The molecule has 2 rings (SSSR count). The fraction of sp³-hybridized carbons (Fsp3) is 0.350. The topological polar surface area (TPSA) is 59.6 Å². The van der Waals surface area contributed by atoms with Gasteiger partial charge in [-0.3, -0.25) is 0 Å². The summed E-state index contributed by atoms with van der Waals surface area (Å²) < 4.78 is 10.5. The fourth-order valence-electron chi connectivity index (χ4n) is 2.64. The third-order valence-corrected chi connectivity index (χ3v) is 4.04. The minimum atomic E-state index is -0.185. The van der Waals surface area contributed by atoms with Crippen molar-refractivity contribution in [2.75, 3.05) is 20.8 Å². The molecular weight excluding hydrogens is 316 g/mol. The van der Waals surface area contributed by atoms with E-state index in [1.165, 1.54) is 11.1 Å². The number of nitrogens with one attached hydrogen (secondary N) is 2. The number of benzene rings is 2. The molecule has 2 aromatic carbocycles. The van der Waals surface area contributed by atoms with Gasteiger partial charge in [-0.05, 0) is 43.5 Å². The lowest BCUT2D eigenvalue weighted by Crippen LogP contribution is -2.38. The smallest absolute Gasteiger partial charge is 0.315 e. The molecule has 25 heavy (non-hydrogen) atoms. The zero-order chi connectivity index (χ0) is 18.2. The van der Waals surface area contributed by atoms with Crippen molar-refractivity contribution in [3.63, 3.8) is 0 Å². The van der Waals surface area contributed by atoms with Crippen LogP contribution in [0.1, 0.15) is 29.7 Å². The lowest BCUT2D eigenvalue weighted by Gasteiger charge is -2.17. The lowest BCUT2D eigenvalue weighted by atomic mass is 10.1. The highest BCUT2D eigenvalue weighted by Gasteiger charge is 2.12. The molecule has 0 aromatic heterocycles. The molecule has 0 bridgehead atoms. The van der Waals surface area contributed by atoms with E-state index in [0.29, 0.717) is 18.0 Å². The number of urea groups is 1. The second-order valence-corrected chi connectivity index (χ2v) is 5.98. The molecule has 2 N–H and O–H groups in total. The number of ether oxygens (including phenoxy) is 2. The zero-order valence-electron chi connectivity index (χ0n) is 15.3. The summed E-state index contributed by atoms with van der Waals surface area (Å²) in [6.07, 6.45) is 0.805. The maximum Gasteiger partial charge on any atom is 0.315 e. The van der Waals surface area contributed by atoms with Crippen molar-refractivity contribution in [2.24, 2.45) is 0 Å². The molecule has 5 heteroatoms. The molecule has 0 saturated carbocycles. The summed E-state index contributed by atoms with van der Waals surface area (Å²) in [4.78, 5) is 12.1. The first-order valence-corrected chi connectivity index (χ1v) is 8.35. The van der Waals surface area contributed by atoms with Crippen LogP contribution in [0, 0.1) is 6.92 Å². The third-order valence-electron chi connectivity index (χ3n) is 4.04. The van der Waals surface area contributed by atoms with Crippen LogP contribution in [0.3, 0.4) is 0 Å². The minimum absolute atomic E-state index is 0.140. The highest BCUT2D eigenvalue weighted by atomic mass is 16.5. The van der Waals surface area contributed by atoms with Gasteiger partial charge < -0.3 is 20.1 Å². The first-order chi connectivity index (χ1) is 12.0. The Kier molecular flexibility index (Phi) is 6.69. The summed E-state index contributed by atoms with van der Waals surface area (Å²) >= 11 is 0. The van der Waals surface area contributed by atoms with E-state index in [1.807, 2.05) is 31.2 Å². The number of hydrogen-bond acceptors (Lipinski definition) is 3. The number of carbonyl (C=O) groups excluding carboxylic acids is 1. The molecule has 1 unspecified atom stereocenters. The van der Waals surface area contributed by atoms with Gasteiger partial charge in [0.2, 0.25) is 0 Å². The molecule has 5 nitrogen and oxygen atoms in total. The molecule has 134 valence electrons. The van der Waals surface area contributed by atoms with Gasteiger partial charge in [0.1, 0.15) is 0 Å². The van der Waals surface area contributed by atoms with Gasteiger partial charge in [-0.25, -0.2) is 4.79 Å². The van der Waals surface area contributed by atoms with E-state index < -0.39 is 0 Å². The summed E-state index contributed by atoms with van der Waals surface area (Å²) in [7, 11) is 3.19. The van der Waals surface area contributed by atoms with Crippen molar-refractivity contribution in [2.45, 2.75) is 26.3 Å². The average Bonchev–Trinajstić information content (AvgIpc) is 2.61. The predicted octanol–water partition coefficient (Wildman–Crippen LogP) is 3.62. The molecule has 0 heterocycles. The molecule has 2 amide bonds. The van der Waals surface area contributed by atoms with Crippen LogP contribution in [-0.2, 0) is 6.42 Å². The maximum absolute atomic E-state index is 12.1. The predicted molar refractivity (Wildman–Crippen MR) is 99.4 cm³/mol. The standard InChI is InChI=1S/C20H26N2O3/c1-14-6-5-7-16(12-14)10-11-21-20(23)22-15(2)17-8-9-18(24-3)19(13-17)25-4/h5-9,12-13,15H,10-11H2,1-4H3,(H2,21,22,23). The number of amides is 2. The van der Waals surface area contributed by atoms with E-state index in [4.69, 9.17) is 9.47 Å². The average molecular weight is 342 g/mol. The van der Waals surface area contributed by atoms with E-state index in [9.17, 15) is 4.79 Å². The van der Waals surface area contributed by atoms with Gasteiger partial charge in [-0.2, -0.15) is 0 Å². The van der Waals surface area contributed by atoms with Crippen LogP contribution >= 0.6 is 0 Å². The summed E-state index contributed by atoms with van der Waals surface area (Å²) in [5.41, 5.74) is 3.39. The molecule has 0 spiro atoms. The van der Waals surface area contributed by atoms with Crippen molar-refractivity contribution in [1.82, 2.24) is 10.6 Å². The molecule has 2 aromatic rings. The number of methoxy groups -OCH3 is 2. The Morgan fingerprint density at radius 2 is 1.84 bits per heavy atom. The molecule has 0 aliphatic carbocycles. The van der Waals surface area contributed by atoms with Crippen LogP contribution in [0.25, 0.3) is 0 Å². The lowest BCUT2D eigenvalue weighted by molar-refractivity contribution is 0.238. The van der Waals surface area contributed by atoms with Crippen molar-refractivity contribution in [1.29, 1.82) is 0 Å². The molecule has 1 atom stereocenters. The molecular formula is C20H26N2O3. The van der Waals surface area contributed by atoms with Gasteiger partial charge in [0.15, 0.2) is 11.5 Å². The second kappa shape index (κ2) is 8.97. The Bertz CT molecular complexity index is 716. The van der Waals surface area contributed by atoms with Gasteiger partial charge in [-0.15, -0.1) is 0 Å². The monoisotopic (exact) mass is 342 g/mol. The molecule has 0 fully saturated rings. The summed E-state index contributed by atoms with van der Waals surface area (Å²) in [5, 5.41) is 5.83. The van der Waals surface area contributed by atoms with Gasteiger partial charge in [0.05, 0.1) is 20.3 Å². The maximum atomic E-state index is 12.1. The third kappa shape index (κ3) is 5.41. The number of aryl methyl sites for hydroxylation is 1. The van der Waals surface area contributed by atoms with E-state index in [2.05, 4.69) is 35.8 Å². The first kappa shape index (κ1) is 18.6. The van der Waals surface area contributed by atoms with E-state index in [0.717, 1.165) is 12.0 Å². The van der Waals surface area contributed by atoms with E-state index in [1.54, 1.807) is 14.2 Å². The van der Waals surface area contributed by atoms with E-state index >= 15 is 0 Å². The zero-order valence-corrected chi connectivity index (χ0v) is 15.3. The van der Waals surface area contributed by atoms with Crippen LogP contribution in [0.5, 0.6) is 11.5 Å². The highest BCUT2D eigenvalue weighted by Crippen LogP contribution is 2.29. The van der Waals surface area contributed by atoms with Gasteiger partial charge >= 0.3 is 6.03 Å². The molecule has 0 radical (unpaired) electrons. The highest BCUT2D eigenvalue weighted by molar-refractivity contribution is 5.74. The van der Waals surface area contributed by atoms with Gasteiger partial charge in [0, 0.05) is 6.54 Å². The summed E-state index contributed by atoms with van der Waals surface area (Å²) in [5.74, 6) is 1.31. The van der Waals surface area contributed by atoms with Gasteiger partial charge in [-0.1, -0.05) is 35.9 Å². The number of hydrogen-bond donors (Lipinski definition) is 2. The van der Waals surface area contributed by atoms with Crippen LogP contribution < -0.4 is 20.1 Å². The van der Waals surface area contributed by atoms with Crippen LogP contribution in [0.4, 0.5) is 4.79 Å². The van der Waals surface area contributed by atoms with Crippen LogP contribution in [-0.4, -0.2) is 26.8 Å². The summed E-state index contributed by atoms with van der Waals surface area (Å²) in [6, 6.07) is 13.6. The largest absolute Gasteiger partial charge is 0.493 e. The second-order valence-electron chi connectivity index (χ2n) is 5.98. The summed E-state index contributed by atoms with van der Waals surface area (Å²) in [6.45, 7) is 4.59. The fourth-order valence-corrected chi connectivity index (χ4v) is 2.64. The Balaban J connectivity index is 1.85. The van der Waals surface area contributed by atoms with E-state index in [-0.39, 0.29) is 12.1 Å². The molecule has 0 aliphatic rings. The number of rotatable bonds is 7. The normalized spacial score (nSPS) is 11.5. The van der Waals surface area contributed by atoms with Crippen molar-refractivity contribution < 1.29 is 14.3 Å². The Morgan fingerprint density at radius 1 is 1.08 bits per heavy atom. The molecule has 0 saturated heterocycles. The SMILES string of the molecule is COc1ccc(C(C)NC(=O)NCCc2cccc(C)c2)cc1OC. The first-order valence-electron chi connectivity index (χ1n) is 8.35. The van der Waals surface area contributed by atoms with Crippen molar-refractivity contribution in [3.05, 3.63) is 59.2 Å². The van der Waals surface area contributed by atoms with Crippen LogP contribution in [0.2, 0.25) is 0 Å². The molecule has 0 aliphatic heterocycles. The Labute approximate surface area is 149 Å². The Morgan fingerprint density at radius 3 is 2.52 bits per heavy atom. The quantitative estimate of drug-likeness (QED) is 0.808. The van der Waals surface area contributed by atoms with Gasteiger partial charge in [0.25, 0.3) is 0 Å². The van der Waals surface area contributed by atoms with Crippen molar-refractivity contribution in [3.8, 4) is 11.5 Å². The van der Waals surface area contributed by atoms with Crippen LogP contribution in [0.15, 0.2) is 42.5 Å². The van der Waals surface area contributed by atoms with Crippen molar-refractivity contribution >= 4 is 6.03 Å². The Hall–Kier alpha value is -2.69. The number of carbonyl (C=O) groups is 1.